The van der Waals surface area contributed by atoms with Gasteiger partial charge >= 0.3 is 0 Å². The van der Waals surface area contributed by atoms with Gasteiger partial charge in [0.15, 0.2) is 0 Å². The molecule has 1 aromatic heterocycles. The van der Waals surface area contributed by atoms with E-state index < -0.39 is 0 Å². The van der Waals surface area contributed by atoms with Gasteiger partial charge in [-0.3, -0.25) is 0 Å². The molecule has 0 spiro atoms. The molecule has 0 aliphatic rings. The molecule has 2 N–H and O–H groups in total. The number of aromatic nitrogens is 2. The van der Waals surface area contributed by atoms with Crippen LogP contribution in [0.2, 0.25) is 0 Å². The summed E-state index contributed by atoms with van der Waals surface area (Å²) < 4.78 is 7.24. The molecule has 0 aliphatic carbocycles. The normalized spacial score (nSPS) is 10.7. The van der Waals surface area contributed by atoms with E-state index in [2.05, 4.69) is 4.98 Å². The van der Waals surface area contributed by atoms with Gasteiger partial charge in [-0.2, -0.15) is 0 Å². The van der Waals surface area contributed by atoms with Crippen molar-refractivity contribution in [3.8, 4) is 5.75 Å². The molecule has 0 bridgehead atoms. The van der Waals surface area contributed by atoms with Gasteiger partial charge in [0.2, 0.25) is 0 Å². The summed E-state index contributed by atoms with van der Waals surface area (Å²) >= 11 is 0. The standard InChI is InChI=1S/C10H13N3O/c1-14-9-4-2-3-8-10(9)12-7-13(8)6-5-11/h2-4,7H,5-6,11H2,1H3. The van der Waals surface area contributed by atoms with Gasteiger partial charge in [0.25, 0.3) is 0 Å². The van der Waals surface area contributed by atoms with Crippen LogP contribution in [-0.2, 0) is 6.54 Å². The lowest BCUT2D eigenvalue weighted by Crippen LogP contribution is -2.08. The molecule has 4 heteroatoms. The number of hydrogen-bond donors (Lipinski definition) is 1. The van der Waals surface area contributed by atoms with Crippen LogP contribution in [0.3, 0.4) is 0 Å². The summed E-state index contributed by atoms with van der Waals surface area (Å²) in [5.41, 5.74) is 7.46. The van der Waals surface area contributed by atoms with E-state index in [-0.39, 0.29) is 0 Å². The molecule has 0 fully saturated rings. The second-order valence-corrected chi connectivity index (χ2v) is 3.05. The Labute approximate surface area is 82.3 Å². The van der Waals surface area contributed by atoms with E-state index in [0.717, 1.165) is 23.3 Å². The van der Waals surface area contributed by atoms with Crippen molar-refractivity contribution in [2.75, 3.05) is 13.7 Å². The first-order valence-electron chi connectivity index (χ1n) is 4.54. The van der Waals surface area contributed by atoms with Crippen LogP contribution in [0.15, 0.2) is 24.5 Å². The number of methoxy groups -OCH3 is 1. The summed E-state index contributed by atoms with van der Waals surface area (Å²) in [6.07, 6.45) is 1.79. The van der Waals surface area contributed by atoms with Gasteiger partial charge in [0.05, 0.1) is 19.0 Å². The predicted molar refractivity (Wildman–Crippen MR) is 55.3 cm³/mol. The Balaban J connectivity index is 2.57. The lowest BCUT2D eigenvalue weighted by Gasteiger charge is -2.02. The molecule has 0 radical (unpaired) electrons. The molecule has 0 saturated carbocycles. The summed E-state index contributed by atoms with van der Waals surface area (Å²) in [5, 5.41) is 0. The summed E-state index contributed by atoms with van der Waals surface area (Å²) in [6.45, 7) is 1.40. The smallest absolute Gasteiger partial charge is 0.146 e. The number of ether oxygens (including phenoxy) is 1. The van der Waals surface area contributed by atoms with Crippen molar-refractivity contribution in [3.63, 3.8) is 0 Å². The summed E-state index contributed by atoms with van der Waals surface area (Å²) in [4.78, 5) is 4.29. The number of rotatable bonds is 3. The number of para-hydroxylation sites is 1. The van der Waals surface area contributed by atoms with E-state index in [1.807, 2.05) is 22.8 Å². The lowest BCUT2D eigenvalue weighted by atomic mass is 10.3. The number of nitrogens with zero attached hydrogens (tertiary/aromatic N) is 2. The fraction of sp³-hybridized carbons (Fsp3) is 0.300. The number of hydrogen-bond acceptors (Lipinski definition) is 3. The van der Waals surface area contributed by atoms with Crippen LogP contribution < -0.4 is 10.5 Å². The van der Waals surface area contributed by atoms with Crippen molar-refractivity contribution in [1.29, 1.82) is 0 Å². The molecule has 2 aromatic rings. The minimum atomic E-state index is 0.614. The van der Waals surface area contributed by atoms with Crippen LogP contribution in [0, 0.1) is 0 Å². The third-order valence-corrected chi connectivity index (χ3v) is 2.20. The van der Waals surface area contributed by atoms with Crippen LogP contribution in [0.1, 0.15) is 0 Å². The first kappa shape index (κ1) is 9.02. The molecular formula is C10H13N3O. The molecule has 1 aromatic carbocycles. The van der Waals surface area contributed by atoms with E-state index in [1.54, 1.807) is 13.4 Å². The minimum Gasteiger partial charge on any atom is -0.494 e. The fourth-order valence-corrected chi connectivity index (χ4v) is 1.54. The SMILES string of the molecule is COc1cccc2c1ncn2CCN. The molecule has 0 amide bonds. The Bertz CT molecular complexity index is 436. The number of fused-ring (bicyclic) bond motifs is 1. The molecular weight excluding hydrogens is 178 g/mol. The largest absolute Gasteiger partial charge is 0.494 e. The van der Waals surface area contributed by atoms with Gasteiger partial charge in [0, 0.05) is 13.1 Å². The Morgan fingerprint density at radius 3 is 3.07 bits per heavy atom. The first-order chi connectivity index (χ1) is 6.86. The molecule has 0 aliphatic heterocycles. The van der Waals surface area contributed by atoms with E-state index in [0.29, 0.717) is 6.54 Å². The average molecular weight is 191 g/mol. The highest BCUT2D eigenvalue weighted by Gasteiger charge is 2.05. The first-order valence-corrected chi connectivity index (χ1v) is 4.54. The van der Waals surface area contributed by atoms with Crippen molar-refractivity contribution < 1.29 is 4.74 Å². The van der Waals surface area contributed by atoms with Gasteiger partial charge < -0.3 is 15.0 Å². The second kappa shape index (κ2) is 3.67. The Kier molecular flexibility index (Phi) is 2.37. The van der Waals surface area contributed by atoms with Gasteiger partial charge in [-0.25, -0.2) is 4.98 Å². The quantitative estimate of drug-likeness (QED) is 0.787. The van der Waals surface area contributed by atoms with E-state index in [4.69, 9.17) is 10.5 Å². The highest BCUT2D eigenvalue weighted by atomic mass is 16.5. The van der Waals surface area contributed by atoms with Crippen molar-refractivity contribution in [3.05, 3.63) is 24.5 Å². The maximum Gasteiger partial charge on any atom is 0.146 e. The summed E-state index contributed by atoms with van der Waals surface area (Å²) in [5.74, 6) is 0.804. The molecule has 0 unspecified atom stereocenters. The number of nitrogens with two attached hydrogens (primary N) is 1. The zero-order valence-electron chi connectivity index (χ0n) is 8.10. The molecule has 1 heterocycles. The highest BCUT2D eigenvalue weighted by Crippen LogP contribution is 2.23. The topological polar surface area (TPSA) is 53.1 Å². The van der Waals surface area contributed by atoms with Gasteiger partial charge in [-0.15, -0.1) is 0 Å². The third kappa shape index (κ3) is 1.33. The summed E-state index contributed by atoms with van der Waals surface area (Å²) in [6, 6.07) is 5.87. The Morgan fingerprint density at radius 1 is 1.50 bits per heavy atom. The lowest BCUT2D eigenvalue weighted by molar-refractivity contribution is 0.419. The monoisotopic (exact) mass is 191 g/mol. The zero-order valence-corrected chi connectivity index (χ0v) is 8.10. The number of benzene rings is 1. The zero-order chi connectivity index (χ0) is 9.97. The van der Waals surface area contributed by atoms with Crippen molar-refractivity contribution in [1.82, 2.24) is 9.55 Å². The molecule has 74 valence electrons. The number of imidazole rings is 1. The third-order valence-electron chi connectivity index (χ3n) is 2.20. The van der Waals surface area contributed by atoms with Crippen molar-refractivity contribution >= 4 is 11.0 Å². The van der Waals surface area contributed by atoms with Crippen LogP contribution in [0.4, 0.5) is 0 Å². The minimum absolute atomic E-state index is 0.614. The van der Waals surface area contributed by atoms with E-state index in [9.17, 15) is 0 Å². The maximum absolute atomic E-state index is 5.50. The van der Waals surface area contributed by atoms with Crippen LogP contribution in [-0.4, -0.2) is 23.2 Å². The Morgan fingerprint density at radius 2 is 2.36 bits per heavy atom. The van der Waals surface area contributed by atoms with Gasteiger partial charge in [-0.05, 0) is 12.1 Å². The Hall–Kier alpha value is -1.55. The van der Waals surface area contributed by atoms with Gasteiger partial charge in [-0.1, -0.05) is 6.07 Å². The van der Waals surface area contributed by atoms with Crippen LogP contribution in [0.25, 0.3) is 11.0 Å². The van der Waals surface area contributed by atoms with Crippen molar-refractivity contribution in [2.24, 2.45) is 5.73 Å². The van der Waals surface area contributed by atoms with Crippen LogP contribution >= 0.6 is 0 Å². The average Bonchev–Trinajstić information content (AvgIpc) is 2.62. The summed E-state index contributed by atoms with van der Waals surface area (Å²) in [7, 11) is 1.65. The molecule has 14 heavy (non-hydrogen) atoms. The van der Waals surface area contributed by atoms with Gasteiger partial charge in [0.1, 0.15) is 11.3 Å². The predicted octanol–water partition coefficient (Wildman–Crippen LogP) is 1.00. The van der Waals surface area contributed by atoms with Crippen molar-refractivity contribution in [2.45, 2.75) is 6.54 Å². The second-order valence-electron chi connectivity index (χ2n) is 3.05. The molecule has 4 nitrogen and oxygen atoms in total. The highest BCUT2D eigenvalue weighted by molar-refractivity contribution is 5.81. The maximum atomic E-state index is 5.50. The molecule has 2 rings (SSSR count). The van der Waals surface area contributed by atoms with E-state index in [1.165, 1.54) is 0 Å². The van der Waals surface area contributed by atoms with E-state index >= 15 is 0 Å². The van der Waals surface area contributed by atoms with Crippen LogP contribution in [0.5, 0.6) is 5.75 Å². The fourth-order valence-electron chi connectivity index (χ4n) is 1.54. The molecule has 0 saturated heterocycles. The molecule has 0 atom stereocenters.